The van der Waals surface area contributed by atoms with E-state index in [0.29, 0.717) is 23.0 Å². The van der Waals surface area contributed by atoms with E-state index >= 15 is 0 Å². The summed E-state index contributed by atoms with van der Waals surface area (Å²) in [7, 11) is 0. The Morgan fingerprint density at radius 3 is 2.44 bits per heavy atom. The second kappa shape index (κ2) is 12.6. The average molecular weight is 545 g/mol. The molecule has 1 aliphatic heterocycles. The number of anilines is 4. The Hall–Kier alpha value is -4.13. The molecule has 0 unspecified atom stereocenters. The molecule has 10 heteroatoms. The van der Waals surface area contributed by atoms with Crippen molar-refractivity contribution in [2.24, 2.45) is 0 Å². The molecule has 202 valence electrons. The number of hydrogen-bond donors (Lipinski definition) is 2. The molecule has 3 heterocycles. The highest BCUT2D eigenvalue weighted by Crippen LogP contribution is 2.27. The number of aromatic nitrogens is 4. The number of carbonyl (C=O) groups excluding carboxylic acids is 1. The first kappa shape index (κ1) is 27.9. The zero-order chi connectivity index (χ0) is 26.5. The Labute approximate surface area is 235 Å². The summed E-state index contributed by atoms with van der Waals surface area (Å²) in [6, 6.07) is 15.2. The first-order valence-corrected chi connectivity index (χ1v) is 13.0. The molecule has 9 nitrogen and oxygen atoms in total. The highest BCUT2D eigenvalue weighted by atomic mass is 35.5. The summed E-state index contributed by atoms with van der Waals surface area (Å²) in [6.45, 7) is 11.8. The molecule has 0 aliphatic carbocycles. The minimum atomic E-state index is -0.373. The molecule has 2 N–H and O–H groups in total. The molecule has 39 heavy (non-hydrogen) atoms. The van der Waals surface area contributed by atoms with Crippen LogP contribution < -0.4 is 15.5 Å². The van der Waals surface area contributed by atoms with Gasteiger partial charge in [-0.1, -0.05) is 36.6 Å². The first-order valence-electron chi connectivity index (χ1n) is 13.0. The largest absolute Gasteiger partial charge is 0.338 e. The van der Waals surface area contributed by atoms with Crippen LogP contribution in [0.5, 0.6) is 0 Å². The minimum absolute atomic E-state index is 0. The molecule has 5 rings (SSSR count). The van der Waals surface area contributed by atoms with Crippen LogP contribution in [-0.2, 0) is 11.3 Å². The zero-order valence-electron chi connectivity index (χ0n) is 22.4. The Kier molecular flexibility index (Phi) is 9.02. The average Bonchev–Trinajstić information content (AvgIpc) is 3.36. The predicted molar refractivity (Wildman–Crippen MR) is 159 cm³/mol. The monoisotopic (exact) mass is 544 g/mol. The van der Waals surface area contributed by atoms with Gasteiger partial charge in [-0.3, -0.25) is 4.79 Å². The Bertz CT molecular complexity index is 1500. The van der Waals surface area contributed by atoms with E-state index in [2.05, 4.69) is 51.1 Å². The van der Waals surface area contributed by atoms with Gasteiger partial charge in [-0.25, -0.2) is 4.98 Å². The molecule has 0 atom stereocenters. The van der Waals surface area contributed by atoms with E-state index in [1.807, 2.05) is 60.0 Å². The van der Waals surface area contributed by atoms with Crippen molar-refractivity contribution >= 4 is 52.6 Å². The van der Waals surface area contributed by atoms with E-state index in [1.54, 1.807) is 6.33 Å². The molecular formula is C29H33ClN8O. The molecule has 4 aromatic rings. The summed E-state index contributed by atoms with van der Waals surface area (Å²) in [6.07, 6.45) is 1.80. The van der Waals surface area contributed by atoms with Gasteiger partial charge in [0.15, 0.2) is 17.0 Å². The predicted octanol–water partition coefficient (Wildman–Crippen LogP) is 4.45. The number of aryl methyl sites for hydroxylation is 2. The van der Waals surface area contributed by atoms with Crippen molar-refractivity contribution in [3.05, 3.63) is 66.0 Å². The first-order chi connectivity index (χ1) is 18.5. The lowest BCUT2D eigenvalue weighted by atomic mass is 10.1. The van der Waals surface area contributed by atoms with Crippen molar-refractivity contribution < 1.29 is 4.79 Å². The van der Waals surface area contributed by atoms with Crippen molar-refractivity contribution in [1.29, 1.82) is 0 Å². The fourth-order valence-electron chi connectivity index (χ4n) is 4.40. The fraction of sp³-hybridized carbons (Fsp3) is 0.310. The number of imidazole rings is 1. The second-order valence-corrected chi connectivity index (χ2v) is 9.27. The fourth-order valence-corrected chi connectivity index (χ4v) is 4.40. The van der Waals surface area contributed by atoms with Crippen molar-refractivity contribution in [3.63, 3.8) is 0 Å². The normalized spacial score (nSPS) is 13.4. The highest BCUT2D eigenvalue weighted by molar-refractivity contribution is 6.04. The van der Waals surface area contributed by atoms with E-state index in [0.717, 1.165) is 61.7 Å². The number of rotatable bonds is 6. The van der Waals surface area contributed by atoms with Gasteiger partial charge in [-0.05, 0) is 50.7 Å². The van der Waals surface area contributed by atoms with E-state index < -0.39 is 0 Å². The third-order valence-corrected chi connectivity index (χ3v) is 6.65. The third kappa shape index (κ3) is 6.66. The number of halogens is 1. The van der Waals surface area contributed by atoms with Crippen molar-refractivity contribution in [1.82, 2.24) is 24.4 Å². The van der Waals surface area contributed by atoms with Gasteiger partial charge in [0.1, 0.15) is 0 Å². The lowest BCUT2D eigenvalue weighted by molar-refractivity contribution is -0.111. The summed E-state index contributed by atoms with van der Waals surface area (Å²) in [5.74, 6) is 6.52. The van der Waals surface area contributed by atoms with E-state index in [4.69, 9.17) is 9.97 Å². The van der Waals surface area contributed by atoms with Gasteiger partial charge in [0, 0.05) is 55.6 Å². The maximum absolute atomic E-state index is 12.5. The number of carbonyl (C=O) groups is 1. The van der Waals surface area contributed by atoms with Crippen molar-refractivity contribution in [3.8, 4) is 11.8 Å². The van der Waals surface area contributed by atoms with Gasteiger partial charge >= 0.3 is 5.91 Å². The number of nitrogens with one attached hydrogen (secondary N) is 2. The lowest BCUT2D eigenvalue weighted by Gasteiger charge is -2.34. The summed E-state index contributed by atoms with van der Waals surface area (Å²) < 4.78 is 2.03. The van der Waals surface area contributed by atoms with E-state index in [1.165, 1.54) is 0 Å². The number of likely N-dealkylation sites (N-methyl/N-ethyl adjacent to an activating group) is 1. The van der Waals surface area contributed by atoms with E-state index in [9.17, 15) is 4.79 Å². The lowest BCUT2D eigenvalue weighted by Crippen LogP contribution is -2.46. The standard InChI is InChI=1S/C29H32N8O.ClH/c1-4-35-15-17-37(18-16-35)29-33-27(26-28(34-29)36(5-2)20-30-26)32-24-8-6-7-23(19-24)31-25(38)14-13-22-11-9-21(3)10-12-22;/h6-12,19-20H,4-5,15-18H2,1-3H3,(H,31,38)(H,32,33,34);1H. The smallest absolute Gasteiger partial charge is 0.300 e. The number of piperazine rings is 1. The summed E-state index contributed by atoms with van der Waals surface area (Å²) >= 11 is 0. The summed E-state index contributed by atoms with van der Waals surface area (Å²) in [4.78, 5) is 31.4. The van der Waals surface area contributed by atoms with Crippen molar-refractivity contribution in [2.75, 3.05) is 48.3 Å². The maximum atomic E-state index is 12.5. The number of benzene rings is 2. The van der Waals surface area contributed by atoms with Crippen molar-refractivity contribution in [2.45, 2.75) is 27.3 Å². The van der Waals surface area contributed by atoms with Crippen LogP contribution in [0.2, 0.25) is 0 Å². The molecule has 1 saturated heterocycles. The quantitative estimate of drug-likeness (QED) is 0.346. The van der Waals surface area contributed by atoms with Crippen LogP contribution in [0.15, 0.2) is 54.9 Å². The molecule has 0 bridgehead atoms. The number of nitrogens with zero attached hydrogens (tertiary/aromatic N) is 6. The van der Waals surface area contributed by atoms with E-state index in [-0.39, 0.29) is 18.3 Å². The molecule has 0 spiro atoms. The van der Waals surface area contributed by atoms with Gasteiger partial charge < -0.3 is 25.0 Å². The van der Waals surface area contributed by atoms with Gasteiger partial charge in [0.2, 0.25) is 5.95 Å². The second-order valence-electron chi connectivity index (χ2n) is 9.27. The molecule has 0 radical (unpaired) electrons. The molecule has 0 saturated carbocycles. The third-order valence-electron chi connectivity index (χ3n) is 6.65. The molecular weight excluding hydrogens is 512 g/mol. The van der Waals surface area contributed by atoms with Crippen LogP contribution in [0.25, 0.3) is 11.2 Å². The number of hydrogen-bond acceptors (Lipinski definition) is 7. The Morgan fingerprint density at radius 1 is 0.974 bits per heavy atom. The Balaban J connectivity index is 0.00000353. The topological polar surface area (TPSA) is 91.2 Å². The summed E-state index contributed by atoms with van der Waals surface area (Å²) in [5, 5.41) is 6.26. The van der Waals surface area contributed by atoms with Crippen LogP contribution in [0, 0.1) is 18.8 Å². The molecule has 1 fully saturated rings. The van der Waals surface area contributed by atoms with Crippen LogP contribution >= 0.6 is 12.4 Å². The van der Waals surface area contributed by atoms with Crippen LogP contribution in [0.3, 0.4) is 0 Å². The van der Waals surface area contributed by atoms with Gasteiger partial charge in [0.05, 0.1) is 6.33 Å². The zero-order valence-corrected chi connectivity index (χ0v) is 23.3. The highest BCUT2D eigenvalue weighted by Gasteiger charge is 2.21. The van der Waals surface area contributed by atoms with Gasteiger partial charge in [-0.2, -0.15) is 9.97 Å². The van der Waals surface area contributed by atoms with Crippen LogP contribution in [0.1, 0.15) is 25.0 Å². The van der Waals surface area contributed by atoms with Crippen LogP contribution in [-0.4, -0.2) is 63.0 Å². The maximum Gasteiger partial charge on any atom is 0.300 e. The molecule has 2 aromatic carbocycles. The van der Waals surface area contributed by atoms with Crippen LogP contribution in [0.4, 0.5) is 23.1 Å². The number of amides is 1. The minimum Gasteiger partial charge on any atom is -0.338 e. The SMILES string of the molecule is CCN1CCN(c2nc(Nc3cccc(NC(=O)C#Cc4ccc(C)cc4)c3)c3ncn(CC)c3n2)CC1.Cl. The number of fused-ring (bicyclic) bond motifs is 1. The van der Waals surface area contributed by atoms with Gasteiger partial charge in [-0.15, -0.1) is 12.4 Å². The molecule has 1 amide bonds. The Morgan fingerprint density at radius 2 is 1.72 bits per heavy atom. The van der Waals surface area contributed by atoms with Gasteiger partial charge in [0.25, 0.3) is 0 Å². The molecule has 1 aliphatic rings. The molecule has 2 aromatic heterocycles. The summed E-state index contributed by atoms with van der Waals surface area (Å²) in [5.41, 5.74) is 4.88.